The van der Waals surface area contributed by atoms with Gasteiger partial charge in [-0.1, -0.05) is 12.1 Å². The Bertz CT molecular complexity index is 549. The Morgan fingerprint density at radius 2 is 2.19 bits per heavy atom. The smallest absolute Gasteiger partial charge is 0.260 e. The maximum Gasteiger partial charge on any atom is 0.260 e. The second-order valence-electron chi connectivity index (χ2n) is 6.79. The van der Waals surface area contributed by atoms with Crippen LogP contribution in [0.3, 0.4) is 0 Å². The highest BCUT2D eigenvalue weighted by Gasteiger charge is 2.32. The number of fused-ring (bicyclic) bond motifs is 1. The van der Waals surface area contributed by atoms with E-state index in [1.807, 2.05) is 19.2 Å². The molecule has 0 bridgehead atoms. The minimum atomic E-state index is -0.200. The number of hydrogen-bond donors (Lipinski definition) is 0. The van der Waals surface area contributed by atoms with Crippen molar-refractivity contribution in [1.29, 1.82) is 0 Å². The molecule has 21 heavy (non-hydrogen) atoms. The first kappa shape index (κ1) is 14.2. The van der Waals surface area contributed by atoms with Gasteiger partial charge in [0.1, 0.15) is 5.60 Å². The molecule has 0 saturated heterocycles. The first-order valence-electron chi connectivity index (χ1n) is 7.62. The summed E-state index contributed by atoms with van der Waals surface area (Å²) in [6, 6.07) is 5.88. The van der Waals surface area contributed by atoms with Crippen molar-refractivity contribution in [2.24, 2.45) is 5.92 Å². The Morgan fingerprint density at radius 3 is 2.90 bits per heavy atom. The second-order valence-corrected chi connectivity index (χ2v) is 6.79. The van der Waals surface area contributed by atoms with E-state index in [1.165, 1.54) is 12.8 Å². The van der Waals surface area contributed by atoms with E-state index in [0.717, 1.165) is 24.3 Å². The van der Waals surface area contributed by atoms with Crippen LogP contribution in [0.5, 0.6) is 11.5 Å². The van der Waals surface area contributed by atoms with Crippen LogP contribution in [-0.2, 0) is 11.2 Å². The average Bonchev–Trinajstić information content (AvgIpc) is 3.16. The molecule has 0 unspecified atom stereocenters. The summed E-state index contributed by atoms with van der Waals surface area (Å²) in [5.74, 6) is 2.19. The van der Waals surface area contributed by atoms with E-state index in [-0.39, 0.29) is 18.1 Å². The topological polar surface area (TPSA) is 38.8 Å². The molecule has 4 heteroatoms. The van der Waals surface area contributed by atoms with Crippen LogP contribution in [-0.4, -0.2) is 36.6 Å². The lowest BCUT2D eigenvalue weighted by molar-refractivity contribution is -0.132. The third kappa shape index (κ3) is 3.31. The number of para-hydroxylation sites is 1. The van der Waals surface area contributed by atoms with Gasteiger partial charge in [-0.15, -0.1) is 0 Å². The standard InChI is InChI=1S/C17H23NO3/c1-17(2)9-13-5-4-6-14(16(13)21-17)20-11-15(19)18(3)10-12-7-8-12/h4-6,12H,7-11H2,1-3H3. The summed E-state index contributed by atoms with van der Waals surface area (Å²) >= 11 is 0. The zero-order valence-electron chi connectivity index (χ0n) is 13.0. The molecule has 1 heterocycles. The van der Waals surface area contributed by atoms with Crippen LogP contribution < -0.4 is 9.47 Å². The molecule has 1 saturated carbocycles. The van der Waals surface area contributed by atoms with E-state index < -0.39 is 0 Å². The molecule has 1 aromatic carbocycles. The SMILES string of the molecule is CN(CC1CC1)C(=O)COc1cccc2c1OC(C)(C)C2. The molecule has 1 aromatic rings. The molecular weight excluding hydrogens is 266 g/mol. The number of rotatable bonds is 5. The summed E-state index contributed by atoms with van der Waals surface area (Å²) in [7, 11) is 1.85. The van der Waals surface area contributed by atoms with Gasteiger partial charge in [0.2, 0.25) is 0 Å². The molecule has 1 aliphatic carbocycles. The first-order chi connectivity index (χ1) is 9.94. The largest absolute Gasteiger partial charge is 0.483 e. The second kappa shape index (κ2) is 5.24. The Kier molecular flexibility index (Phi) is 3.56. The minimum Gasteiger partial charge on any atom is -0.483 e. The van der Waals surface area contributed by atoms with Gasteiger partial charge in [-0.3, -0.25) is 4.79 Å². The third-order valence-corrected chi connectivity index (χ3v) is 4.06. The highest BCUT2D eigenvalue weighted by Crippen LogP contribution is 2.41. The van der Waals surface area contributed by atoms with Gasteiger partial charge in [0.25, 0.3) is 5.91 Å². The molecule has 114 valence electrons. The molecule has 1 fully saturated rings. The molecule has 4 nitrogen and oxygen atoms in total. The lowest BCUT2D eigenvalue weighted by Gasteiger charge is -2.19. The van der Waals surface area contributed by atoms with Gasteiger partial charge >= 0.3 is 0 Å². The van der Waals surface area contributed by atoms with Crippen LogP contribution in [0.25, 0.3) is 0 Å². The predicted molar refractivity (Wildman–Crippen MR) is 80.7 cm³/mol. The number of ether oxygens (including phenoxy) is 2. The number of likely N-dealkylation sites (N-methyl/N-ethyl adjacent to an activating group) is 1. The lowest BCUT2D eigenvalue weighted by atomic mass is 10.0. The number of benzene rings is 1. The van der Waals surface area contributed by atoms with Crippen molar-refractivity contribution >= 4 is 5.91 Å². The van der Waals surface area contributed by atoms with Crippen molar-refractivity contribution in [3.63, 3.8) is 0 Å². The van der Waals surface area contributed by atoms with Crippen molar-refractivity contribution in [1.82, 2.24) is 4.90 Å². The quantitative estimate of drug-likeness (QED) is 0.836. The lowest BCUT2D eigenvalue weighted by Crippen LogP contribution is -2.33. The van der Waals surface area contributed by atoms with Crippen LogP contribution in [0.15, 0.2) is 18.2 Å². The van der Waals surface area contributed by atoms with E-state index in [9.17, 15) is 4.79 Å². The van der Waals surface area contributed by atoms with Gasteiger partial charge in [-0.2, -0.15) is 0 Å². The molecule has 2 aliphatic rings. The van der Waals surface area contributed by atoms with Crippen LogP contribution in [0, 0.1) is 5.92 Å². The predicted octanol–water partition coefficient (Wildman–Crippen LogP) is 2.65. The Balaban J connectivity index is 1.61. The van der Waals surface area contributed by atoms with E-state index >= 15 is 0 Å². The van der Waals surface area contributed by atoms with Crippen molar-refractivity contribution in [2.75, 3.05) is 20.2 Å². The van der Waals surface area contributed by atoms with Gasteiger partial charge < -0.3 is 14.4 Å². The normalized spacial score (nSPS) is 18.8. The Hall–Kier alpha value is -1.71. The summed E-state index contributed by atoms with van der Waals surface area (Å²) in [5.41, 5.74) is 0.950. The monoisotopic (exact) mass is 289 g/mol. The molecule has 3 rings (SSSR count). The first-order valence-corrected chi connectivity index (χ1v) is 7.62. The van der Waals surface area contributed by atoms with Gasteiger partial charge in [0.05, 0.1) is 0 Å². The third-order valence-electron chi connectivity index (χ3n) is 4.06. The highest BCUT2D eigenvalue weighted by molar-refractivity contribution is 5.77. The van der Waals surface area contributed by atoms with Gasteiger partial charge in [-0.05, 0) is 38.7 Å². The van der Waals surface area contributed by atoms with Crippen LogP contribution in [0.2, 0.25) is 0 Å². The maximum atomic E-state index is 12.1. The summed E-state index contributed by atoms with van der Waals surface area (Å²) in [4.78, 5) is 13.8. The van der Waals surface area contributed by atoms with Crippen molar-refractivity contribution in [2.45, 2.75) is 38.7 Å². The molecule has 0 radical (unpaired) electrons. The molecular formula is C17H23NO3. The van der Waals surface area contributed by atoms with E-state index in [4.69, 9.17) is 9.47 Å². The van der Waals surface area contributed by atoms with Gasteiger partial charge in [-0.25, -0.2) is 0 Å². The van der Waals surface area contributed by atoms with E-state index in [2.05, 4.69) is 19.9 Å². The maximum absolute atomic E-state index is 12.1. The minimum absolute atomic E-state index is 0.0248. The van der Waals surface area contributed by atoms with Crippen LogP contribution in [0.1, 0.15) is 32.3 Å². The molecule has 0 N–H and O–H groups in total. The fraction of sp³-hybridized carbons (Fsp3) is 0.588. The van der Waals surface area contributed by atoms with Crippen molar-refractivity contribution in [3.8, 4) is 11.5 Å². The van der Waals surface area contributed by atoms with Crippen molar-refractivity contribution < 1.29 is 14.3 Å². The van der Waals surface area contributed by atoms with E-state index in [1.54, 1.807) is 4.90 Å². The molecule has 1 aliphatic heterocycles. The molecule has 0 atom stereocenters. The molecule has 1 amide bonds. The number of carbonyl (C=O) groups excluding carboxylic acids is 1. The van der Waals surface area contributed by atoms with Crippen LogP contribution >= 0.6 is 0 Å². The molecule has 0 aromatic heterocycles. The number of carbonyl (C=O) groups is 1. The van der Waals surface area contributed by atoms with Gasteiger partial charge in [0, 0.05) is 25.6 Å². The summed E-state index contributed by atoms with van der Waals surface area (Å²) in [6.45, 7) is 5.04. The molecule has 0 spiro atoms. The summed E-state index contributed by atoms with van der Waals surface area (Å²) in [6.07, 6.45) is 3.36. The summed E-state index contributed by atoms with van der Waals surface area (Å²) in [5, 5.41) is 0. The fourth-order valence-electron chi connectivity index (χ4n) is 2.74. The zero-order chi connectivity index (χ0) is 15.0. The Morgan fingerprint density at radius 1 is 1.43 bits per heavy atom. The summed E-state index contributed by atoms with van der Waals surface area (Å²) < 4.78 is 11.7. The average molecular weight is 289 g/mol. The van der Waals surface area contributed by atoms with E-state index in [0.29, 0.717) is 11.7 Å². The number of nitrogens with zero attached hydrogens (tertiary/aromatic N) is 1. The van der Waals surface area contributed by atoms with Crippen molar-refractivity contribution in [3.05, 3.63) is 23.8 Å². The zero-order valence-corrected chi connectivity index (χ0v) is 13.0. The van der Waals surface area contributed by atoms with Gasteiger partial charge in [0.15, 0.2) is 18.1 Å². The number of amides is 1. The fourth-order valence-corrected chi connectivity index (χ4v) is 2.74. The number of hydrogen-bond acceptors (Lipinski definition) is 3. The van der Waals surface area contributed by atoms with Crippen LogP contribution in [0.4, 0.5) is 0 Å². The Labute approximate surface area is 126 Å². The highest BCUT2D eigenvalue weighted by atomic mass is 16.5.